The van der Waals surface area contributed by atoms with Crippen molar-refractivity contribution in [2.24, 2.45) is 0 Å². The van der Waals surface area contributed by atoms with Crippen LogP contribution in [0.3, 0.4) is 0 Å². The van der Waals surface area contributed by atoms with Gasteiger partial charge < -0.3 is 13.9 Å². The Hall–Kier alpha value is -2.37. The number of aromatic nitrogens is 2. The molecule has 1 aromatic carbocycles. The molecule has 0 unspecified atom stereocenters. The lowest BCUT2D eigenvalue weighted by Crippen LogP contribution is -2.04. The van der Waals surface area contributed by atoms with Crippen LogP contribution in [0.2, 0.25) is 0 Å². The Labute approximate surface area is 104 Å². The molecule has 0 saturated carbocycles. The molecule has 6 heteroatoms. The molecule has 0 spiro atoms. The van der Waals surface area contributed by atoms with Gasteiger partial charge in [0, 0.05) is 5.56 Å². The Bertz CT molecular complexity index is 551. The standard InChI is InChI=1S/C12H12N2O4/c1-3-17-12(15)11-14-13-10(18-11)8-5-4-6-9(7-8)16-2/h4-7H,3H2,1-2H3. The first-order valence-corrected chi connectivity index (χ1v) is 5.39. The zero-order chi connectivity index (χ0) is 13.0. The van der Waals surface area contributed by atoms with E-state index in [1.54, 1.807) is 38.3 Å². The Morgan fingerprint density at radius 2 is 2.22 bits per heavy atom. The molecule has 6 nitrogen and oxygen atoms in total. The zero-order valence-corrected chi connectivity index (χ0v) is 10.0. The van der Waals surface area contributed by atoms with E-state index in [1.807, 2.05) is 0 Å². The van der Waals surface area contributed by atoms with Gasteiger partial charge in [0.15, 0.2) is 0 Å². The summed E-state index contributed by atoms with van der Waals surface area (Å²) in [6.07, 6.45) is 0. The smallest absolute Gasteiger partial charge is 0.396 e. The fourth-order valence-corrected chi connectivity index (χ4v) is 1.37. The number of benzene rings is 1. The summed E-state index contributed by atoms with van der Waals surface area (Å²) in [5.41, 5.74) is 0.678. The van der Waals surface area contributed by atoms with E-state index in [1.165, 1.54) is 0 Å². The van der Waals surface area contributed by atoms with Crippen LogP contribution in [0.4, 0.5) is 0 Å². The van der Waals surface area contributed by atoms with Crippen molar-refractivity contribution < 1.29 is 18.7 Å². The number of nitrogens with zero attached hydrogens (tertiary/aromatic N) is 2. The summed E-state index contributed by atoms with van der Waals surface area (Å²) >= 11 is 0. The normalized spacial score (nSPS) is 10.1. The van der Waals surface area contributed by atoms with Crippen LogP contribution in [0, 0.1) is 0 Å². The number of ether oxygens (including phenoxy) is 2. The van der Waals surface area contributed by atoms with Gasteiger partial charge in [0.1, 0.15) is 5.75 Å². The number of methoxy groups -OCH3 is 1. The molecular weight excluding hydrogens is 236 g/mol. The molecule has 0 radical (unpaired) electrons. The quantitative estimate of drug-likeness (QED) is 0.769. The SMILES string of the molecule is CCOC(=O)c1nnc(-c2cccc(OC)c2)o1. The second-order valence-corrected chi connectivity index (χ2v) is 3.36. The largest absolute Gasteiger partial charge is 0.497 e. The van der Waals surface area contributed by atoms with Crippen LogP contribution in [-0.2, 0) is 4.74 Å². The first kappa shape index (κ1) is 12.1. The molecule has 0 amide bonds. The van der Waals surface area contributed by atoms with Crippen molar-refractivity contribution in [2.75, 3.05) is 13.7 Å². The van der Waals surface area contributed by atoms with E-state index in [0.717, 1.165) is 0 Å². The minimum Gasteiger partial charge on any atom is -0.497 e. The third-order valence-corrected chi connectivity index (χ3v) is 2.19. The van der Waals surface area contributed by atoms with Crippen molar-refractivity contribution in [1.82, 2.24) is 10.2 Å². The average Bonchev–Trinajstić information content (AvgIpc) is 2.89. The minimum absolute atomic E-state index is 0.158. The molecule has 1 heterocycles. The number of carbonyl (C=O) groups excluding carboxylic acids is 1. The van der Waals surface area contributed by atoms with Crippen molar-refractivity contribution >= 4 is 5.97 Å². The Morgan fingerprint density at radius 1 is 1.39 bits per heavy atom. The molecule has 94 valence electrons. The van der Waals surface area contributed by atoms with Crippen LogP contribution in [0.25, 0.3) is 11.5 Å². The molecule has 1 aromatic heterocycles. The number of hydrogen-bond acceptors (Lipinski definition) is 6. The molecule has 0 bridgehead atoms. The molecule has 2 rings (SSSR count). The highest BCUT2D eigenvalue weighted by Crippen LogP contribution is 2.22. The molecule has 0 aliphatic heterocycles. The van der Waals surface area contributed by atoms with Crippen molar-refractivity contribution in [3.63, 3.8) is 0 Å². The lowest BCUT2D eigenvalue weighted by Gasteiger charge is -2.00. The first-order chi connectivity index (χ1) is 8.74. The van der Waals surface area contributed by atoms with E-state index in [4.69, 9.17) is 13.9 Å². The number of rotatable bonds is 4. The fraction of sp³-hybridized carbons (Fsp3) is 0.250. The number of esters is 1. The summed E-state index contributed by atoms with van der Waals surface area (Å²) in [5.74, 6) is 0.133. The van der Waals surface area contributed by atoms with Gasteiger partial charge in [-0.05, 0) is 25.1 Å². The molecular formula is C12H12N2O4. The molecule has 0 atom stereocenters. The van der Waals surface area contributed by atoms with Crippen LogP contribution in [0.1, 0.15) is 17.6 Å². The lowest BCUT2D eigenvalue weighted by molar-refractivity contribution is 0.0481. The van der Waals surface area contributed by atoms with Gasteiger partial charge in [0.25, 0.3) is 0 Å². The van der Waals surface area contributed by atoms with Gasteiger partial charge in [-0.1, -0.05) is 6.07 Å². The second kappa shape index (κ2) is 5.31. The predicted molar refractivity (Wildman–Crippen MR) is 62.2 cm³/mol. The maximum atomic E-state index is 11.4. The zero-order valence-electron chi connectivity index (χ0n) is 10.0. The van der Waals surface area contributed by atoms with Crippen LogP contribution in [-0.4, -0.2) is 29.9 Å². The Kier molecular flexibility index (Phi) is 3.57. The van der Waals surface area contributed by atoms with Crippen LogP contribution < -0.4 is 4.74 Å². The highest BCUT2D eigenvalue weighted by Gasteiger charge is 2.16. The molecule has 0 aliphatic carbocycles. The van der Waals surface area contributed by atoms with Crippen molar-refractivity contribution in [3.8, 4) is 17.2 Å². The maximum absolute atomic E-state index is 11.4. The highest BCUT2D eigenvalue weighted by atomic mass is 16.5. The maximum Gasteiger partial charge on any atom is 0.396 e. The van der Waals surface area contributed by atoms with E-state index in [-0.39, 0.29) is 18.4 Å². The molecule has 0 aliphatic rings. The van der Waals surface area contributed by atoms with Gasteiger partial charge in [-0.15, -0.1) is 10.2 Å². The first-order valence-electron chi connectivity index (χ1n) is 5.39. The Morgan fingerprint density at radius 3 is 2.94 bits per heavy atom. The van der Waals surface area contributed by atoms with Gasteiger partial charge in [-0.2, -0.15) is 0 Å². The van der Waals surface area contributed by atoms with Crippen LogP contribution in [0.15, 0.2) is 28.7 Å². The van der Waals surface area contributed by atoms with Gasteiger partial charge in [-0.25, -0.2) is 4.79 Å². The van der Waals surface area contributed by atoms with Crippen LogP contribution >= 0.6 is 0 Å². The molecule has 0 saturated heterocycles. The lowest BCUT2D eigenvalue weighted by atomic mass is 10.2. The van der Waals surface area contributed by atoms with Crippen molar-refractivity contribution in [3.05, 3.63) is 30.2 Å². The van der Waals surface area contributed by atoms with Crippen molar-refractivity contribution in [2.45, 2.75) is 6.92 Å². The van der Waals surface area contributed by atoms with E-state index in [0.29, 0.717) is 11.3 Å². The van der Waals surface area contributed by atoms with E-state index < -0.39 is 5.97 Å². The summed E-state index contributed by atoms with van der Waals surface area (Å²) in [5, 5.41) is 7.43. The van der Waals surface area contributed by atoms with Crippen LogP contribution in [0.5, 0.6) is 5.75 Å². The molecule has 0 N–H and O–H groups in total. The summed E-state index contributed by atoms with van der Waals surface area (Å²) in [7, 11) is 1.57. The van der Waals surface area contributed by atoms with Crippen molar-refractivity contribution in [1.29, 1.82) is 0 Å². The second-order valence-electron chi connectivity index (χ2n) is 3.36. The number of hydrogen-bond donors (Lipinski definition) is 0. The van der Waals surface area contributed by atoms with Gasteiger partial charge >= 0.3 is 11.9 Å². The Balaban J connectivity index is 2.26. The summed E-state index contributed by atoms with van der Waals surface area (Å²) < 4.78 is 15.1. The van der Waals surface area contributed by atoms with E-state index in [2.05, 4.69) is 10.2 Å². The highest BCUT2D eigenvalue weighted by molar-refractivity contribution is 5.84. The van der Waals surface area contributed by atoms with E-state index >= 15 is 0 Å². The third-order valence-electron chi connectivity index (χ3n) is 2.19. The minimum atomic E-state index is -0.626. The predicted octanol–water partition coefficient (Wildman–Crippen LogP) is 1.92. The van der Waals surface area contributed by atoms with Gasteiger partial charge in [0.05, 0.1) is 13.7 Å². The monoisotopic (exact) mass is 248 g/mol. The average molecular weight is 248 g/mol. The summed E-state index contributed by atoms with van der Waals surface area (Å²) in [6.45, 7) is 1.97. The third kappa shape index (κ3) is 2.48. The topological polar surface area (TPSA) is 74.5 Å². The fourth-order valence-electron chi connectivity index (χ4n) is 1.37. The summed E-state index contributed by atoms with van der Waals surface area (Å²) in [4.78, 5) is 11.4. The molecule has 18 heavy (non-hydrogen) atoms. The molecule has 0 fully saturated rings. The van der Waals surface area contributed by atoms with Gasteiger partial charge in [0.2, 0.25) is 5.89 Å². The number of carbonyl (C=O) groups is 1. The molecule has 2 aromatic rings. The van der Waals surface area contributed by atoms with E-state index in [9.17, 15) is 4.79 Å². The van der Waals surface area contributed by atoms with Gasteiger partial charge in [-0.3, -0.25) is 0 Å². The summed E-state index contributed by atoms with van der Waals surface area (Å²) in [6, 6.07) is 7.11.